The number of alkyl halides is 4. The van der Waals surface area contributed by atoms with Crippen molar-refractivity contribution in [3.05, 3.63) is 29.7 Å². The van der Waals surface area contributed by atoms with Gasteiger partial charge in [-0.2, -0.15) is 10.1 Å². The second-order valence-electron chi connectivity index (χ2n) is 8.09. The van der Waals surface area contributed by atoms with Crippen LogP contribution in [0, 0.1) is 0 Å². The largest absolute Gasteiger partial charge is 0.522 e. The summed E-state index contributed by atoms with van der Waals surface area (Å²) in [6, 6.07) is 2.72. The van der Waals surface area contributed by atoms with Gasteiger partial charge in [-0.3, -0.25) is 14.2 Å². The zero-order chi connectivity index (χ0) is 26.0. The number of fused-ring (bicyclic) bond motifs is 1. The lowest BCUT2D eigenvalue weighted by Crippen LogP contribution is -2.36. The van der Waals surface area contributed by atoms with Crippen LogP contribution in [0.4, 0.5) is 34.1 Å². The fourth-order valence-corrected chi connectivity index (χ4v) is 3.44. The number of hydrogen-bond donors (Lipinski definition) is 3. The number of ether oxygens (including phenoxy) is 4. The molecule has 1 aliphatic heterocycles. The van der Waals surface area contributed by atoms with E-state index in [-0.39, 0.29) is 47.3 Å². The molecule has 1 amide bonds. The molecule has 36 heavy (non-hydrogen) atoms. The molecular formula is C20H23F4N7O5. The van der Waals surface area contributed by atoms with E-state index >= 15 is 0 Å². The number of hydrogen-bond acceptors (Lipinski definition) is 9. The Bertz CT molecular complexity index is 1210. The number of imidazole rings is 1. The molecule has 16 heteroatoms. The van der Waals surface area contributed by atoms with Gasteiger partial charge in [-0.05, 0) is 13.8 Å². The highest BCUT2D eigenvalue weighted by atomic mass is 19.4. The first kappa shape index (κ1) is 25.4. The minimum atomic E-state index is -4.81. The average Bonchev–Trinajstić information content (AvgIpc) is 3.50. The number of aromatic amines is 1. The first-order chi connectivity index (χ1) is 17.0. The molecule has 1 aliphatic rings. The molecule has 0 aliphatic carbocycles. The van der Waals surface area contributed by atoms with Crippen LogP contribution in [0.25, 0.3) is 5.65 Å². The molecule has 0 radical (unpaired) electrons. The normalized spacial score (nSPS) is 20.2. The molecule has 3 aromatic rings. The van der Waals surface area contributed by atoms with Gasteiger partial charge in [0.05, 0.1) is 31.7 Å². The van der Waals surface area contributed by atoms with Crippen molar-refractivity contribution in [2.24, 2.45) is 0 Å². The van der Waals surface area contributed by atoms with E-state index in [1.54, 1.807) is 13.8 Å². The predicted molar refractivity (Wildman–Crippen MR) is 114 cm³/mol. The lowest BCUT2D eigenvalue weighted by atomic mass is 10.1. The van der Waals surface area contributed by atoms with Crippen LogP contribution in [0.3, 0.4) is 0 Å². The van der Waals surface area contributed by atoms with Gasteiger partial charge in [-0.15, -0.1) is 13.2 Å². The summed E-state index contributed by atoms with van der Waals surface area (Å²) in [7, 11) is 1.37. The number of rotatable bonds is 8. The number of amides is 1. The van der Waals surface area contributed by atoms with Gasteiger partial charge in [0.25, 0.3) is 0 Å². The lowest BCUT2D eigenvalue weighted by molar-refractivity contribution is -0.330. The molecule has 0 spiro atoms. The van der Waals surface area contributed by atoms with Crippen LogP contribution in [0.1, 0.15) is 31.3 Å². The van der Waals surface area contributed by atoms with Crippen LogP contribution in [-0.4, -0.2) is 69.1 Å². The van der Waals surface area contributed by atoms with Gasteiger partial charge in [0.1, 0.15) is 11.8 Å². The average molecular weight is 517 g/mol. The Morgan fingerprint density at radius 3 is 2.81 bits per heavy atom. The Kier molecular flexibility index (Phi) is 7.16. The van der Waals surface area contributed by atoms with Crippen molar-refractivity contribution >= 4 is 23.5 Å². The van der Waals surface area contributed by atoms with Gasteiger partial charge >= 0.3 is 12.5 Å². The number of carbonyl (C=O) groups excluding carboxylic acids is 1. The van der Waals surface area contributed by atoms with E-state index in [2.05, 4.69) is 35.5 Å². The quantitative estimate of drug-likeness (QED) is 0.385. The fraction of sp³-hybridized carbons (Fsp3) is 0.500. The van der Waals surface area contributed by atoms with E-state index in [9.17, 15) is 22.4 Å². The van der Waals surface area contributed by atoms with Crippen molar-refractivity contribution in [2.45, 2.75) is 51.2 Å². The molecular weight excluding hydrogens is 494 g/mol. The summed E-state index contributed by atoms with van der Waals surface area (Å²) >= 11 is 0. The van der Waals surface area contributed by atoms with Crippen molar-refractivity contribution in [3.8, 4) is 5.88 Å². The number of anilines is 2. The monoisotopic (exact) mass is 517 g/mol. The first-order valence-corrected chi connectivity index (χ1v) is 10.7. The van der Waals surface area contributed by atoms with E-state index < -0.39 is 37.4 Å². The second kappa shape index (κ2) is 10.1. The highest BCUT2D eigenvalue weighted by molar-refractivity contribution is 5.67. The number of nitrogens with zero attached hydrogens (tertiary/aromatic N) is 4. The van der Waals surface area contributed by atoms with Crippen molar-refractivity contribution in [1.82, 2.24) is 29.9 Å². The first-order valence-electron chi connectivity index (χ1n) is 10.7. The number of carbonyl (C=O) groups is 1. The van der Waals surface area contributed by atoms with E-state index in [0.29, 0.717) is 0 Å². The highest BCUT2D eigenvalue weighted by Gasteiger charge is 2.42. The minimum Gasteiger partial charge on any atom is -0.481 e. The van der Waals surface area contributed by atoms with E-state index in [0.717, 1.165) is 0 Å². The molecule has 0 aromatic carbocycles. The number of halogens is 4. The van der Waals surface area contributed by atoms with Crippen LogP contribution in [0.5, 0.6) is 5.88 Å². The molecule has 1 saturated heterocycles. The van der Waals surface area contributed by atoms with E-state index in [1.165, 1.54) is 29.8 Å². The lowest BCUT2D eigenvalue weighted by Gasteiger charge is -2.16. The maximum Gasteiger partial charge on any atom is 0.522 e. The van der Waals surface area contributed by atoms with Crippen molar-refractivity contribution in [3.63, 3.8) is 0 Å². The van der Waals surface area contributed by atoms with E-state index in [4.69, 9.17) is 14.2 Å². The third-order valence-corrected chi connectivity index (χ3v) is 4.97. The Hall–Kier alpha value is -3.66. The van der Waals surface area contributed by atoms with Crippen molar-refractivity contribution in [2.75, 3.05) is 19.0 Å². The van der Waals surface area contributed by atoms with Gasteiger partial charge in [-0.1, -0.05) is 0 Å². The van der Waals surface area contributed by atoms with Crippen molar-refractivity contribution in [1.29, 1.82) is 0 Å². The van der Waals surface area contributed by atoms with Gasteiger partial charge < -0.3 is 24.8 Å². The SMILES string of the molecule is COc1cc2nc(COC(F)(F)F)cn2c(Nc2cc([C@H]3OC[C@@H](OC(=O)NC(C)C)[C@H]3F)[nH]n2)n1. The highest BCUT2D eigenvalue weighted by Crippen LogP contribution is 2.34. The van der Waals surface area contributed by atoms with Gasteiger partial charge in [0.15, 0.2) is 18.1 Å². The molecule has 4 heterocycles. The summed E-state index contributed by atoms with van der Waals surface area (Å²) in [4.78, 5) is 20.1. The maximum atomic E-state index is 14.9. The van der Waals surface area contributed by atoms with Gasteiger partial charge in [-0.25, -0.2) is 14.2 Å². The summed E-state index contributed by atoms with van der Waals surface area (Å²) in [6.45, 7) is 2.55. The molecule has 3 N–H and O–H groups in total. The number of nitrogens with one attached hydrogen (secondary N) is 3. The predicted octanol–water partition coefficient (Wildman–Crippen LogP) is 3.15. The second-order valence-corrected chi connectivity index (χ2v) is 8.09. The van der Waals surface area contributed by atoms with E-state index in [1.807, 2.05) is 0 Å². The number of H-pyrrole nitrogens is 1. The summed E-state index contributed by atoms with van der Waals surface area (Å²) in [5.41, 5.74) is 0.508. The Morgan fingerprint density at radius 1 is 1.33 bits per heavy atom. The Labute approximate surface area is 201 Å². The molecule has 0 saturated carbocycles. The third kappa shape index (κ3) is 5.93. The van der Waals surface area contributed by atoms with Crippen LogP contribution < -0.4 is 15.4 Å². The molecule has 0 bridgehead atoms. The third-order valence-electron chi connectivity index (χ3n) is 4.97. The summed E-state index contributed by atoms with van der Waals surface area (Å²) < 4.78 is 73.0. The number of methoxy groups -OCH3 is 1. The van der Waals surface area contributed by atoms with Crippen LogP contribution in [0.2, 0.25) is 0 Å². The van der Waals surface area contributed by atoms with Crippen LogP contribution in [-0.2, 0) is 20.8 Å². The van der Waals surface area contributed by atoms with Crippen molar-refractivity contribution < 1.29 is 41.3 Å². The maximum absolute atomic E-state index is 14.9. The molecule has 4 rings (SSSR count). The van der Waals surface area contributed by atoms with Crippen LogP contribution in [0.15, 0.2) is 18.3 Å². The topological polar surface area (TPSA) is 137 Å². The standard InChI is InChI=1S/C20H23F4N7O5/c1-9(2)25-19(32)36-12-8-34-17(16(12)21)11-4-13(30-29-11)27-18-28-15(33-3)5-14-26-10(6-31(14)18)7-35-20(22,23)24/h4-6,9,12,16-17H,7-8H2,1-3H3,(H,25,32)(H2,27,28,29,30)/t12-,16-,17-/m1/s1. The zero-order valence-corrected chi connectivity index (χ0v) is 19.3. The van der Waals surface area contributed by atoms with Crippen LogP contribution >= 0.6 is 0 Å². The molecule has 3 aromatic heterocycles. The number of alkyl carbamates (subject to hydrolysis) is 1. The van der Waals surface area contributed by atoms with Gasteiger partial charge in [0.2, 0.25) is 11.8 Å². The smallest absolute Gasteiger partial charge is 0.481 e. The molecule has 3 atom stereocenters. The molecule has 0 unspecified atom stereocenters. The Balaban J connectivity index is 1.49. The minimum absolute atomic E-state index is 0.000294. The van der Waals surface area contributed by atoms with Gasteiger partial charge in [0, 0.05) is 24.4 Å². The summed E-state index contributed by atoms with van der Waals surface area (Å²) in [5.74, 6) is 0.452. The summed E-state index contributed by atoms with van der Waals surface area (Å²) in [6.07, 6.45) is -8.06. The fourth-order valence-electron chi connectivity index (χ4n) is 3.44. The molecule has 196 valence electrons. The number of aromatic nitrogens is 5. The Morgan fingerprint density at radius 2 is 2.11 bits per heavy atom. The molecule has 12 nitrogen and oxygen atoms in total. The summed E-state index contributed by atoms with van der Waals surface area (Å²) in [5, 5.41) is 12.1. The molecule has 1 fully saturated rings. The zero-order valence-electron chi connectivity index (χ0n) is 19.3.